The number of aliphatic carboxylic acids is 1. The van der Waals surface area contributed by atoms with Crippen LogP contribution in [0.25, 0.3) is 0 Å². The van der Waals surface area contributed by atoms with Crippen LogP contribution in [0.15, 0.2) is 0 Å². The van der Waals surface area contributed by atoms with E-state index in [-0.39, 0.29) is 42.7 Å². The largest absolute Gasteiger partial charge is 0.550 e. The Bertz CT molecular complexity index is 453. The van der Waals surface area contributed by atoms with Crippen LogP contribution in [-0.2, 0) is 45.1 Å². The molecule has 3 unspecified atom stereocenters. The average Bonchev–Trinajstić information content (AvgIpc) is 2.62. The van der Waals surface area contributed by atoms with Gasteiger partial charge in [-0.25, -0.2) is 0 Å². The molecule has 0 saturated heterocycles. The zero-order valence-electron chi connectivity index (χ0n) is 16.7. The van der Waals surface area contributed by atoms with E-state index in [1.54, 1.807) is 0 Å². The van der Waals surface area contributed by atoms with Gasteiger partial charge in [-0.2, -0.15) is 8.37 Å². The molecule has 2 N–H and O–H groups in total. The summed E-state index contributed by atoms with van der Waals surface area (Å²) in [6.45, 7) is 8.91. The lowest BCUT2D eigenvalue weighted by molar-refractivity contribution is -0.305. The SMILES string of the molecule is CCO[S+](CC)CC(=O)NCC(CCC(=O)[O-])NC(=O)C[S+](CC)OCC. The van der Waals surface area contributed by atoms with Crippen molar-refractivity contribution in [3.63, 3.8) is 0 Å². The Labute approximate surface area is 168 Å². The standard InChI is InChI=1S/C17H32N2O6S2/c1-5-24-26(7-3)12-15(20)18-11-14(9-10-17(22)23)19-16(21)13-27(8-4)25-6-2/h14H,5-13H2,1-4H3,(H-2,18,19,20,21,22,23)/p+1. The van der Waals surface area contributed by atoms with E-state index in [4.69, 9.17) is 8.37 Å². The van der Waals surface area contributed by atoms with Gasteiger partial charge in [-0.15, -0.1) is 0 Å². The summed E-state index contributed by atoms with van der Waals surface area (Å²) < 4.78 is 11.0. The maximum absolute atomic E-state index is 12.2. The molecule has 0 fully saturated rings. The Hall–Kier alpha value is -0.970. The third-order valence-corrected chi connectivity index (χ3v) is 7.00. The number of nitrogens with one attached hydrogen (secondary N) is 2. The van der Waals surface area contributed by atoms with Crippen molar-refractivity contribution in [2.24, 2.45) is 0 Å². The maximum Gasteiger partial charge on any atom is 0.273 e. The molecule has 0 aromatic rings. The van der Waals surface area contributed by atoms with Gasteiger partial charge in [-0.3, -0.25) is 9.59 Å². The van der Waals surface area contributed by atoms with Gasteiger partial charge in [0.2, 0.25) is 11.5 Å². The third kappa shape index (κ3) is 13.8. The molecule has 0 aliphatic rings. The molecule has 2 amide bonds. The number of amides is 2. The summed E-state index contributed by atoms with van der Waals surface area (Å²) in [6.07, 6.45) is -0.00209. The number of carbonyl (C=O) groups is 3. The Kier molecular flexibility index (Phi) is 15.5. The first kappa shape index (κ1) is 26.0. The van der Waals surface area contributed by atoms with Crippen LogP contribution < -0.4 is 15.7 Å². The van der Waals surface area contributed by atoms with Crippen molar-refractivity contribution in [1.82, 2.24) is 10.6 Å². The molecule has 0 aliphatic carbocycles. The Balaban J connectivity index is 4.59. The second kappa shape index (κ2) is 16.0. The van der Waals surface area contributed by atoms with Crippen LogP contribution in [-0.4, -0.2) is 66.6 Å². The minimum absolute atomic E-state index is 0.166. The van der Waals surface area contributed by atoms with Crippen LogP contribution in [0.1, 0.15) is 40.5 Å². The molecule has 0 saturated carbocycles. The van der Waals surface area contributed by atoms with E-state index in [1.807, 2.05) is 27.7 Å². The molecule has 0 aliphatic heterocycles. The fraction of sp³-hybridized carbons (Fsp3) is 0.824. The van der Waals surface area contributed by atoms with E-state index >= 15 is 0 Å². The average molecular weight is 426 g/mol. The monoisotopic (exact) mass is 425 g/mol. The molecular weight excluding hydrogens is 392 g/mol. The summed E-state index contributed by atoms with van der Waals surface area (Å²) in [5.74, 6) is 0.394. The molecule has 8 nitrogen and oxygen atoms in total. The van der Waals surface area contributed by atoms with Crippen molar-refractivity contribution < 1.29 is 27.9 Å². The first-order valence-electron chi connectivity index (χ1n) is 9.23. The highest BCUT2D eigenvalue weighted by Crippen LogP contribution is 2.02. The fourth-order valence-corrected chi connectivity index (χ4v) is 4.50. The molecule has 27 heavy (non-hydrogen) atoms. The van der Waals surface area contributed by atoms with Crippen LogP contribution >= 0.6 is 0 Å². The summed E-state index contributed by atoms with van der Waals surface area (Å²) in [5.41, 5.74) is 0. The van der Waals surface area contributed by atoms with E-state index in [0.717, 1.165) is 11.5 Å². The summed E-state index contributed by atoms with van der Waals surface area (Å²) >= 11 is -0.887. The van der Waals surface area contributed by atoms with Crippen LogP contribution in [0.5, 0.6) is 0 Å². The summed E-state index contributed by atoms with van der Waals surface area (Å²) in [5, 5.41) is 16.3. The fourth-order valence-electron chi connectivity index (χ4n) is 2.15. The number of carbonyl (C=O) groups excluding carboxylic acids is 3. The number of hydrogen-bond donors (Lipinski definition) is 2. The van der Waals surface area contributed by atoms with Gasteiger partial charge in [-0.05, 0) is 40.5 Å². The van der Waals surface area contributed by atoms with E-state index in [9.17, 15) is 19.5 Å². The first-order chi connectivity index (χ1) is 12.9. The molecule has 0 heterocycles. The molecule has 0 bridgehead atoms. The first-order valence-corrected chi connectivity index (χ1v) is 12.2. The quantitative estimate of drug-likeness (QED) is 0.316. The van der Waals surface area contributed by atoms with Gasteiger partial charge in [0.25, 0.3) is 11.8 Å². The topological polar surface area (TPSA) is 117 Å². The third-order valence-electron chi connectivity index (χ3n) is 3.40. The normalized spacial score (nSPS) is 14.2. The zero-order valence-corrected chi connectivity index (χ0v) is 18.3. The molecular formula is C17H33N2O6S2+. The van der Waals surface area contributed by atoms with Gasteiger partial charge >= 0.3 is 0 Å². The highest BCUT2D eigenvalue weighted by atomic mass is 32.2. The molecule has 0 aromatic heterocycles. The number of carboxylic acids is 1. The second-order valence-electron chi connectivity index (χ2n) is 5.54. The van der Waals surface area contributed by atoms with E-state index in [2.05, 4.69) is 10.6 Å². The summed E-state index contributed by atoms with van der Waals surface area (Å²) in [4.78, 5) is 35.0. The molecule has 0 spiro atoms. The molecule has 10 heteroatoms. The van der Waals surface area contributed by atoms with Crippen molar-refractivity contribution >= 4 is 40.1 Å². The zero-order chi connectivity index (χ0) is 20.7. The van der Waals surface area contributed by atoms with Crippen molar-refractivity contribution in [3.05, 3.63) is 0 Å². The van der Waals surface area contributed by atoms with Crippen molar-refractivity contribution in [3.8, 4) is 0 Å². The van der Waals surface area contributed by atoms with Gasteiger partial charge in [0.05, 0.1) is 0 Å². The van der Waals surface area contributed by atoms with Gasteiger partial charge in [-0.1, -0.05) is 0 Å². The molecule has 0 aromatic carbocycles. The van der Waals surface area contributed by atoms with Gasteiger partial charge in [0, 0.05) is 18.6 Å². The van der Waals surface area contributed by atoms with Crippen LogP contribution in [0.4, 0.5) is 0 Å². The number of hydrogen-bond acceptors (Lipinski definition) is 6. The summed E-state index contributed by atoms with van der Waals surface area (Å²) in [6, 6.07) is -0.473. The van der Waals surface area contributed by atoms with Crippen molar-refractivity contribution in [2.45, 2.75) is 46.6 Å². The Morgan fingerprint density at radius 1 is 0.926 bits per heavy atom. The van der Waals surface area contributed by atoms with Crippen molar-refractivity contribution in [1.29, 1.82) is 0 Å². The highest BCUT2D eigenvalue weighted by Gasteiger charge is 2.26. The smallest absolute Gasteiger partial charge is 0.273 e. The van der Waals surface area contributed by atoms with E-state index < -0.39 is 34.4 Å². The van der Waals surface area contributed by atoms with E-state index in [0.29, 0.717) is 13.2 Å². The molecule has 0 radical (unpaired) electrons. The second-order valence-corrected chi connectivity index (χ2v) is 9.50. The molecule has 3 atom stereocenters. The van der Waals surface area contributed by atoms with Crippen LogP contribution in [0.3, 0.4) is 0 Å². The number of rotatable bonds is 16. The minimum atomic E-state index is -1.19. The lowest BCUT2D eigenvalue weighted by atomic mass is 10.1. The lowest BCUT2D eigenvalue weighted by Gasteiger charge is -2.19. The van der Waals surface area contributed by atoms with Crippen LogP contribution in [0, 0.1) is 0 Å². The predicted molar refractivity (Wildman–Crippen MR) is 108 cm³/mol. The Morgan fingerprint density at radius 2 is 1.44 bits per heavy atom. The van der Waals surface area contributed by atoms with Gasteiger partial charge < -0.3 is 20.5 Å². The van der Waals surface area contributed by atoms with Gasteiger partial charge in [0.1, 0.15) is 24.7 Å². The summed E-state index contributed by atoms with van der Waals surface area (Å²) in [7, 11) is 0. The Morgan fingerprint density at radius 3 is 1.89 bits per heavy atom. The van der Waals surface area contributed by atoms with Crippen LogP contribution in [0.2, 0.25) is 0 Å². The minimum Gasteiger partial charge on any atom is -0.550 e. The number of carboxylic acid groups (broad SMARTS) is 1. The predicted octanol–water partition coefficient (Wildman–Crippen LogP) is -0.703. The van der Waals surface area contributed by atoms with E-state index in [1.165, 1.54) is 0 Å². The maximum atomic E-state index is 12.2. The van der Waals surface area contributed by atoms with Gasteiger partial charge in [0.15, 0.2) is 22.4 Å². The van der Waals surface area contributed by atoms with Crippen molar-refractivity contribution in [2.75, 3.05) is 42.8 Å². The molecule has 0 rings (SSSR count). The molecule has 158 valence electrons. The highest BCUT2D eigenvalue weighted by molar-refractivity contribution is 7.93. The lowest BCUT2D eigenvalue weighted by Crippen LogP contribution is -2.47.